The van der Waals surface area contributed by atoms with Crippen molar-refractivity contribution in [1.82, 2.24) is 9.97 Å². The number of aromatic nitrogens is 2. The molecule has 0 aliphatic rings. The molecule has 0 atom stereocenters. The molecule has 0 aliphatic heterocycles. The number of hydrogen-bond donors (Lipinski definition) is 0. The molecule has 2 aromatic heterocycles. The lowest BCUT2D eigenvalue weighted by Gasteiger charge is -2.13. The molecule has 0 fully saturated rings. The van der Waals surface area contributed by atoms with Gasteiger partial charge in [0, 0.05) is 23.2 Å². The van der Waals surface area contributed by atoms with Gasteiger partial charge in [-0.05, 0) is 116 Å². The van der Waals surface area contributed by atoms with Crippen molar-refractivity contribution in [2.75, 3.05) is 0 Å². The molecule has 40 heavy (non-hydrogen) atoms. The normalized spacial score (nSPS) is 11.5. The molecule has 6 aromatic carbocycles. The van der Waals surface area contributed by atoms with Crippen LogP contribution in [0.25, 0.3) is 76.7 Å². The van der Waals surface area contributed by atoms with Crippen LogP contribution in [0.5, 0.6) is 0 Å². The van der Waals surface area contributed by atoms with Crippen molar-refractivity contribution in [2.24, 2.45) is 0 Å². The molecule has 0 saturated carbocycles. The first kappa shape index (κ1) is 22.6. The zero-order valence-corrected chi connectivity index (χ0v) is 21.8. The smallest absolute Gasteiger partial charge is 0.0702 e. The van der Waals surface area contributed by atoms with Gasteiger partial charge in [0.05, 0.1) is 11.0 Å². The van der Waals surface area contributed by atoms with Crippen LogP contribution >= 0.6 is 0 Å². The average molecular weight is 509 g/mol. The summed E-state index contributed by atoms with van der Waals surface area (Å²) in [4.78, 5) is 9.05. The lowest BCUT2D eigenvalue weighted by Crippen LogP contribution is -1.88. The van der Waals surface area contributed by atoms with Crippen molar-refractivity contribution in [1.29, 1.82) is 0 Å². The van der Waals surface area contributed by atoms with E-state index in [1.54, 1.807) is 0 Å². The molecule has 0 N–H and O–H groups in total. The highest BCUT2D eigenvalue weighted by atomic mass is 14.6. The molecule has 0 unspecified atom stereocenters. The number of benzene rings is 6. The highest BCUT2D eigenvalue weighted by Gasteiger charge is 2.11. The molecule has 2 heterocycles. The lowest BCUT2D eigenvalue weighted by molar-refractivity contribution is 1.41. The van der Waals surface area contributed by atoms with Crippen LogP contribution in [-0.2, 0) is 0 Å². The van der Waals surface area contributed by atoms with Gasteiger partial charge in [0.15, 0.2) is 0 Å². The fraction of sp³-hybridized carbons (Fsp3) is 0. The quantitative estimate of drug-likeness (QED) is 0.222. The molecule has 8 rings (SSSR count). The van der Waals surface area contributed by atoms with Crippen LogP contribution < -0.4 is 0 Å². The van der Waals surface area contributed by atoms with Crippen molar-refractivity contribution in [3.8, 4) is 33.4 Å². The summed E-state index contributed by atoms with van der Waals surface area (Å²) in [6.07, 6.45) is 3.69. The summed E-state index contributed by atoms with van der Waals surface area (Å²) in [6.45, 7) is 0. The third-order valence-electron chi connectivity index (χ3n) is 7.89. The van der Waals surface area contributed by atoms with E-state index in [-0.39, 0.29) is 0 Å². The minimum atomic E-state index is 1.01. The maximum absolute atomic E-state index is 4.52. The van der Waals surface area contributed by atoms with Crippen LogP contribution in [0.4, 0.5) is 0 Å². The first-order chi connectivity index (χ1) is 19.8. The van der Waals surface area contributed by atoms with Crippen LogP contribution in [0.3, 0.4) is 0 Å². The van der Waals surface area contributed by atoms with Gasteiger partial charge < -0.3 is 0 Å². The Labute approximate surface area is 232 Å². The molecule has 8 aromatic rings. The molecule has 2 nitrogen and oxygen atoms in total. The Morgan fingerprint density at radius 2 is 0.775 bits per heavy atom. The first-order valence-corrected chi connectivity index (χ1v) is 13.6. The zero-order valence-electron chi connectivity index (χ0n) is 21.8. The van der Waals surface area contributed by atoms with Crippen LogP contribution in [0.2, 0.25) is 0 Å². The highest BCUT2D eigenvalue weighted by Crippen LogP contribution is 2.36. The average Bonchev–Trinajstić information content (AvgIpc) is 3.03. The molecule has 0 aliphatic carbocycles. The largest absolute Gasteiger partial charge is 0.256 e. The summed E-state index contributed by atoms with van der Waals surface area (Å²) in [7, 11) is 0. The van der Waals surface area contributed by atoms with Crippen molar-refractivity contribution in [3.63, 3.8) is 0 Å². The van der Waals surface area contributed by atoms with E-state index in [0.717, 1.165) is 21.8 Å². The second-order valence-electron chi connectivity index (χ2n) is 10.3. The molecule has 0 spiro atoms. The maximum atomic E-state index is 4.52. The van der Waals surface area contributed by atoms with E-state index in [2.05, 4.69) is 131 Å². The number of hydrogen-bond acceptors (Lipinski definition) is 2. The molecule has 0 saturated heterocycles. The Balaban J connectivity index is 1.36. The minimum absolute atomic E-state index is 1.01. The van der Waals surface area contributed by atoms with Gasteiger partial charge in [-0.25, -0.2) is 0 Å². The molecule has 186 valence electrons. The number of fused-ring (bicyclic) bond motifs is 5. The predicted molar refractivity (Wildman–Crippen MR) is 168 cm³/mol. The van der Waals surface area contributed by atoms with Crippen LogP contribution in [0, 0.1) is 0 Å². The first-order valence-electron chi connectivity index (χ1n) is 13.6. The van der Waals surface area contributed by atoms with Gasteiger partial charge in [-0.1, -0.05) is 72.8 Å². The second kappa shape index (κ2) is 9.14. The number of pyridine rings is 2. The van der Waals surface area contributed by atoms with Crippen molar-refractivity contribution in [3.05, 3.63) is 146 Å². The van der Waals surface area contributed by atoms with Gasteiger partial charge in [0.25, 0.3) is 0 Å². The molecule has 0 amide bonds. The van der Waals surface area contributed by atoms with E-state index >= 15 is 0 Å². The second-order valence-corrected chi connectivity index (χ2v) is 10.3. The van der Waals surface area contributed by atoms with Gasteiger partial charge >= 0.3 is 0 Å². The SMILES string of the molecule is c1cnc2ccc(-c3cc(-c4ccc5ncccc5c4)cc(-c4ccc5ccc6ccccc6c5c4)c3)cc2c1. The van der Waals surface area contributed by atoms with E-state index in [9.17, 15) is 0 Å². The van der Waals surface area contributed by atoms with E-state index in [1.807, 2.05) is 24.5 Å². The fourth-order valence-electron chi connectivity index (χ4n) is 5.82. The Morgan fingerprint density at radius 1 is 0.300 bits per heavy atom. The third-order valence-corrected chi connectivity index (χ3v) is 7.89. The maximum Gasteiger partial charge on any atom is 0.0702 e. The Kier molecular flexibility index (Phi) is 5.17. The van der Waals surface area contributed by atoms with Gasteiger partial charge in [0.2, 0.25) is 0 Å². The van der Waals surface area contributed by atoms with E-state index in [4.69, 9.17) is 0 Å². The molecule has 0 bridgehead atoms. The van der Waals surface area contributed by atoms with E-state index in [0.29, 0.717) is 0 Å². The summed E-state index contributed by atoms with van der Waals surface area (Å²) in [6, 6.07) is 48.1. The van der Waals surface area contributed by atoms with Gasteiger partial charge in [-0.2, -0.15) is 0 Å². The minimum Gasteiger partial charge on any atom is -0.256 e. The third kappa shape index (κ3) is 3.90. The van der Waals surface area contributed by atoms with Gasteiger partial charge in [-0.15, -0.1) is 0 Å². The Morgan fingerprint density at radius 3 is 1.40 bits per heavy atom. The molecular formula is C38H24N2. The molecule has 0 radical (unpaired) electrons. The van der Waals surface area contributed by atoms with Crippen LogP contribution in [0.1, 0.15) is 0 Å². The predicted octanol–water partition coefficient (Wildman–Crippen LogP) is 10.1. The Hall–Kier alpha value is -5.34. The fourth-order valence-corrected chi connectivity index (χ4v) is 5.82. The van der Waals surface area contributed by atoms with Gasteiger partial charge in [-0.3, -0.25) is 9.97 Å². The van der Waals surface area contributed by atoms with Gasteiger partial charge in [0.1, 0.15) is 0 Å². The zero-order chi connectivity index (χ0) is 26.5. The van der Waals surface area contributed by atoms with E-state index in [1.165, 1.54) is 54.9 Å². The summed E-state index contributed by atoms with van der Waals surface area (Å²) in [5, 5.41) is 7.35. The van der Waals surface area contributed by atoms with Crippen LogP contribution in [-0.4, -0.2) is 9.97 Å². The Bertz CT molecular complexity index is 2130. The lowest BCUT2D eigenvalue weighted by atomic mass is 9.91. The standard InChI is InChI=1S/C38H24N2/c1-2-8-35-25(5-1)9-10-26-11-12-29(24-36(26)35)34-22-32(27-13-15-37-30(19-27)6-3-17-39-37)21-33(23-34)28-14-16-38-31(20-28)7-4-18-40-38/h1-24H. The van der Waals surface area contributed by atoms with E-state index < -0.39 is 0 Å². The molecule has 2 heteroatoms. The highest BCUT2D eigenvalue weighted by molar-refractivity contribution is 6.08. The topological polar surface area (TPSA) is 25.8 Å². The van der Waals surface area contributed by atoms with Crippen molar-refractivity contribution >= 4 is 43.4 Å². The number of rotatable bonds is 3. The summed E-state index contributed by atoms with van der Waals surface area (Å²) < 4.78 is 0. The number of nitrogens with zero attached hydrogens (tertiary/aromatic N) is 2. The monoisotopic (exact) mass is 508 g/mol. The van der Waals surface area contributed by atoms with Crippen LogP contribution in [0.15, 0.2) is 146 Å². The summed E-state index contributed by atoms with van der Waals surface area (Å²) >= 11 is 0. The molecular weight excluding hydrogens is 484 g/mol. The van der Waals surface area contributed by atoms with Crippen molar-refractivity contribution in [2.45, 2.75) is 0 Å². The van der Waals surface area contributed by atoms with Crippen molar-refractivity contribution < 1.29 is 0 Å². The summed E-state index contributed by atoms with van der Waals surface area (Å²) in [5.41, 5.74) is 9.13. The summed E-state index contributed by atoms with van der Waals surface area (Å²) in [5.74, 6) is 0.